The van der Waals surface area contributed by atoms with Crippen molar-refractivity contribution in [2.24, 2.45) is 0 Å². The third-order valence-corrected chi connectivity index (χ3v) is 1.44. The first-order valence-corrected chi connectivity index (χ1v) is 3.53. The maximum absolute atomic E-state index is 10.7. The molecule has 0 bridgehead atoms. The molecule has 1 aromatic rings. The molecule has 0 radical (unpaired) electrons. The molecule has 12 heavy (non-hydrogen) atoms. The van der Waals surface area contributed by atoms with E-state index in [1.807, 2.05) is 0 Å². The van der Waals surface area contributed by atoms with Crippen molar-refractivity contribution in [3.05, 3.63) is 20.8 Å². The van der Waals surface area contributed by atoms with Gasteiger partial charge in [0.2, 0.25) is 5.75 Å². The fourth-order valence-corrected chi connectivity index (χ4v) is 0.946. The van der Waals surface area contributed by atoms with E-state index in [-0.39, 0.29) is 4.73 Å². The summed E-state index contributed by atoms with van der Waals surface area (Å²) in [7, 11) is 0. The highest BCUT2D eigenvalue weighted by atomic mass is 79.9. The first kappa shape index (κ1) is 8.72. The molecule has 1 aromatic heterocycles. The van der Waals surface area contributed by atoms with Crippen LogP contribution in [-0.2, 0) is 0 Å². The molecule has 3 N–H and O–H groups in total. The molecule has 0 saturated carbocycles. The number of hydrogen-bond donors (Lipinski definition) is 3. The SMILES string of the molecule is O=C(O)c1nc(Br)[nH]c(=O)c1O. The number of aromatic amines is 1. The van der Waals surface area contributed by atoms with Crippen molar-refractivity contribution in [1.29, 1.82) is 0 Å². The van der Waals surface area contributed by atoms with E-state index in [0.717, 1.165) is 0 Å². The van der Waals surface area contributed by atoms with Gasteiger partial charge in [0, 0.05) is 0 Å². The Morgan fingerprint density at radius 2 is 2.17 bits per heavy atom. The van der Waals surface area contributed by atoms with E-state index < -0.39 is 23.0 Å². The van der Waals surface area contributed by atoms with Crippen LogP contribution in [0.2, 0.25) is 0 Å². The van der Waals surface area contributed by atoms with Crippen molar-refractivity contribution < 1.29 is 15.0 Å². The molecule has 0 aliphatic heterocycles. The van der Waals surface area contributed by atoms with Crippen LogP contribution in [-0.4, -0.2) is 26.2 Å². The summed E-state index contributed by atoms with van der Waals surface area (Å²) in [6.07, 6.45) is 0. The van der Waals surface area contributed by atoms with Gasteiger partial charge in [0.25, 0.3) is 5.56 Å². The maximum atomic E-state index is 10.7. The van der Waals surface area contributed by atoms with Gasteiger partial charge >= 0.3 is 5.97 Å². The van der Waals surface area contributed by atoms with Gasteiger partial charge in [0.05, 0.1) is 0 Å². The lowest BCUT2D eigenvalue weighted by atomic mass is 10.4. The zero-order valence-corrected chi connectivity index (χ0v) is 7.12. The van der Waals surface area contributed by atoms with Gasteiger partial charge in [-0.2, -0.15) is 0 Å². The van der Waals surface area contributed by atoms with E-state index >= 15 is 0 Å². The molecule has 0 aliphatic rings. The Balaban J connectivity index is 3.48. The van der Waals surface area contributed by atoms with Gasteiger partial charge in [0.1, 0.15) is 0 Å². The highest BCUT2D eigenvalue weighted by molar-refractivity contribution is 9.10. The number of nitrogens with one attached hydrogen (secondary N) is 1. The summed E-state index contributed by atoms with van der Waals surface area (Å²) in [6, 6.07) is 0. The minimum atomic E-state index is -1.46. The number of aromatic nitrogens is 2. The quantitative estimate of drug-likeness (QED) is 0.591. The van der Waals surface area contributed by atoms with Crippen LogP contribution < -0.4 is 5.56 Å². The molecular weight excluding hydrogens is 232 g/mol. The number of halogens is 1. The van der Waals surface area contributed by atoms with Crippen LogP contribution in [0.25, 0.3) is 0 Å². The molecule has 7 heteroatoms. The van der Waals surface area contributed by atoms with Gasteiger partial charge in [-0.1, -0.05) is 0 Å². The molecule has 64 valence electrons. The Bertz CT molecular complexity index is 386. The average molecular weight is 235 g/mol. The van der Waals surface area contributed by atoms with Crippen LogP contribution in [0.5, 0.6) is 5.75 Å². The largest absolute Gasteiger partial charge is 0.501 e. The molecule has 0 saturated heterocycles. The Kier molecular flexibility index (Phi) is 2.13. The molecule has 6 nitrogen and oxygen atoms in total. The molecule has 0 fully saturated rings. The summed E-state index contributed by atoms with van der Waals surface area (Å²) in [4.78, 5) is 26.5. The summed E-state index contributed by atoms with van der Waals surface area (Å²) in [5, 5.41) is 17.3. The third-order valence-electron chi connectivity index (χ3n) is 1.07. The molecule has 0 unspecified atom stereocenters. The predicted octanol–water partition coefficient (Wildman–Crippen LogP) is -0.0638. The lowest BCUT2D eigenvalue weighted by Crippen LogP contribution is -2.13. The number of nitrogens with zero attached hydrogens (tertiary/aromatic N) is 1. The molecule has 1 rings (SSSR count). The lowest BCUT2D eigenvalue weighted by molar-refractivity contribution is 0.0686. The van der Waals surface area contributed by atoms with E-state index in [0.29, 0.717) is 0 Å². The molecule has 0 spiro atoms. The molecular formula is C5H3BrN2O4. The Hall–Kier alpha value is -1.37. The number of aromatic carboxylic acids is 1. The van der Waals surface area contributed by atoms with Crippen molar-refractivity contribution in [1.82, 2.24) is 9.97 Å². The van der Waals surface area contributed by atoms with E-state index in [4.69, 9.17) is 10.2 Å². The van der Waals surface area contributed by atoms with Crippen LogP contribution in [0.4, 0.5) is 0 Å². The van der Waals surface area contributed by atoms with Gasteiger partial charge in [-0.3, -0.25) is 9.78 Å². The van der Waals surface area contributed by atoms with Gasteiger partial charge in [-0.05, 0) is 15.9 Å². The Morgan fingerprint density at radius 1 is 1.58 bits per heavy atom. The van der Waals surface area contributed by atoms with Crippen molar-refractivity contribution in [2.75, 3.05) is 0 Å². The number of hydrogen-bond acceptors (Lipinski definition) is 4. The van der Waals surface area contributed by atoms with Crippen LogP contribution in [0.3, 0.4) is 0 Å². The fraction of sp³-hybridized carbons (Fsp3) is 0. The van der Waals surface area contributed by atoms with Gasteiger partial charge in [-0.15, -0.1) is 0 Å². The molecule has 0 aliphatic carbocycles. The average Bonchev–Trinajstić information content (AvgIpc) is 1.96. The fourth-order valence-electron chi connectivity index (χ4n) is 0.589. The number of aromatic hydroxyl groups is 1. The lowest BCUT2D eigenvalue weighted by Gasteiger charge is -1.96. The zero-order chi connectivity index (χ0) is 9.30. The number of carboxylic acid groups (broad SMARTS) is 1. The molecule has 0 atom stereocenters. The first-order valence-electron chi connectivity index (χ1n) is 2.74. The second kappa shape index (κ2) is 2.94. The van der Waals surface area contributed by atoms with Gasteiger partial charge < -0.3 is 10.2 Å². The minimum absolute atomic E-state index is 0.0392. The topological polar surface area (TPSA) is 103 Å². The van der Waals surface area contributed by atoms with Crippen LogP contribution in [0, 0.1) is 0 Å². The second-order valence-electron chi connectivity index (χ2n) is 1.86. The molecule has 1 heterocycles. The summed E-state index contributed by atoms with van der Waals surface area (Å²) in [5.74, 6) is -2.36. The predicted molar refractivity (Wildman–Crippen MR) is 41.2 cm³/mol. The summed E-state index contributed by atoms with van der Waals surface area (Å²) in [6.45, 7) is 0. The number of carboxylic acids is 1. The minimum Gasteiger partial charge on any atom is -0.501 e. The van der Waals surface area contributed by atoms with Gasteiger partial charge in [-0.25, -0.2) is 9.78 Å². The Labute approximate surface area is 74.0 Å². The number of H-pyrrole nitrogens is 1. The van der Waals surface area contributed by atoms with E-state index in [1.54, 1.807) is 0 Å². The second-order valence-corrected chi connectivity index (χ2v) is 2.61. The highest BCUT2D eigenvalue weighted by Gasteiger charge is 2.15. The van der Waals surface area contributed by atoms with Gasteiger partial charge in [0.15, 0.2) is 10.4 Å². The van der Waals surface area contributed by atoms with Crippen LogP contribution >= 0.6 is 15.9 Å². The zero-order valence-electron chi connectivity index (χ0n) is 5.54. The standard InChI is InChI=1S/C5H3BrN2O4/c6-5-7-1(4(11)12)2(9)3(10)8-5/h9H,(H,11,12)(H,7,8,10). The van der Waals surface area contributed by atoms with Crippen molar-refractivity contribution in [2.45, 2.75) is 0 Å². The van der Waals surface area contributed by atoms with Crippen LogP contribution in [0.15, 0.2) is 9.53 Å². The van der Waals surface area contributed by atoms with Crippen molar-refractivity contribution in [3.8, 4) is 5.75 Å². The first-order chi connectivity index (χ1) is 5.52. The summed E-state index contributed by atoms with van der Waals surface area (Å²) >= 11 is 2.77. The Morgan fingerprint density at radius 3 is 2.67 bits per heavy atom. The van der Waals surface area contributed by atoms with E-state index in [2.05, 4.69) is 25.9 Å². The van der Waals surface area contributed by atoms with Crippen molar-refractivity contribution in [3.63, 3.8) is 0 Å². The molecule has 0 aromatic carbocycles. The number of rotatable bonds is 1. The van der Waals surface area contributed by atoms with E-state index in [1.165, 1.54) is 0 Å². The highest BCUT2D eigenvalue weighted by Crippen LogP contribution is 2.09. The monoisotopic (exact) mass is 234 g/mol. The van der Waals surface area contributed by atoms with Crippen molar-refractivity contribution >= 4 is 21.9 Å². The normalized spacial score (nSPS) is 9.75. The van der Waals surface area contributed by atoms with E-state index in [9.17, 15) is 9.59 Å². The molecule has 0 amide bonds. The summed E-state index contributed by atoms with van der Waals surface area (Å²) in [5.41, 5.74) is -1.57. The van der Waals surface area contributed by atoms with Crippen LogP contribution in [0.1, 0.15) is 10.5 Å². The number of carbonyl (C=O) groups is 1. The third kappa shape index (κ3) is 1.45. The smallest absolute Gasteiger partial charge is 0.358 e. The summed E-state index contributed by atoms with van der Waals surface area (Å²) < 4.78 is -0.0392. The maximum Gasteiger partial charge on any atom is 0.358 e.